The molecule has 0 spiro atoms. The van der Waals surface area contributed by atoms with Gasteiger partial charge in [0.2, 0.25) is 11.0 Å². The van der Waals surface area contributed by atoms with Crippen molar-refractivity contribution in [1.29, 1.82) is 0 Å². The molecule has 0 aliphatic carbocycles. The number of rotatable bonds is 4. The molecule has 1 aromatic carbocycles. The molecule has 2 aromatic heterocycles. The summed E-state index contributed by atoms with van der Waals surface area (Å²) in [7, 11) is 0. The van der Waals surface area contributed by atoms with Crippen molar-refractivity contribution in [3.8, 4) is 10.7 Å². The summed E-state index contributed by atoms with van der Waals surface area (Å²) in [5.41, 5.74) is 0.788. The Morgan fingerprint density at radius 3 is 2.86 bits per heavy atom. The van der Waals surface area contributed by atoms with Gasteiger partial charge in [-0.15, -0.1) is 11.3 Å². The summed E-state index contributed by atoms with van der Waals surface area (Å²) in [5.74, 6) is 0.360. The topological polar surface area (TPSA) is 54.9 Å². The number of halogens is 1. The molecule has 0 saturated heterocycles. The maximum Gasteiger partial charge on any atom is 0.250 e. The van der Waals surface area contributed by atoms with Gasteiger partial charge in [0.15, 0.2) is 5.82 Å². The van der Waals surface area contributed by atoms with E-state index in [0.717, 1.165) is 22.0 Å². The van der Waals surface area contributed by atoms with Crippen LogP contribution in [0.25, 0.3) is 16.8 Å². The summed E-state index contributed by atoms with van der Waals surface area (Å²) >= 11 is 8.74. The second kappa shape index (κ2) is 6.83. The van der Waals surface area contributed by atoms with Crippen LogP contribution in [0.5, 0.6) is 0 Å². The van der Waals surface area contributed by atoms with Crippen LogP contribution in [-0.4, -0.2) is 15.3 Å². The molecule has 1 N–H and O–H groups in total. The number of nitrogens with one attached hydrogen (secondary N) is 1. The van der Waals surface area contributed by atoms with Crippen LogP contribution in [0.3, 0.4) is 0 Å². The summed E-state index contributed by atoms with van der Waals surface area (Å²) in [5, 5.41) is 5.72. The smallest absolute Gasteiger partial charge is 0.250 e. The SMILES string of the molecule is O=C(/C=C/c1ccccc1Cl)Nc1nc(-c2cccs2)ns1. The van der Waals surface area contributed by atoms with E-state index >= 15 is 0 Å². The van der Waals surface area contributed by atoms with Crippen molar-refractivity contribution in [2.75, 3.05) is 5.32 Å². The Kier molecular flexibility index (Phi) is 4.62. The maximum atomic E-state index is 11.9. The van der Waals surface area contributed by atoms with Crippen molar-refractivity contribution in [3.63, 3.8) is 0 Å². The molecule has 0 bridgehead atoms. The molecule has 3 rings (SSSR count). The number of hydrogen-bond acceptors (Lipinski definition) is 5. The minimum atomic E-state index is -0.270. The molecule has 110 valence electrons. The lowest BCUT2D eigenvalue weighted by atomic mass is 10.2. The van der Waals surface area contributed by atoms with Gasteiger partial charge < -0.3 is 0 Å². The minimum absolute atomic E-state index is 0.270. The number of carbonyl (C=O) groups is 1. The van der Waals surface area contributed by atoms with Crippen molar-refractivity contribution in [3.05, 3.63) is 58.4 Å². The Morgan fingerprint density at radius 2 is 2.09 bits per heavy atom. The van der Waals surface area contributed by atoms with Crippen molar-refractivity contribution in [2.45, 2.75) is 0 Å². The van der Waals surface area contributed by atoms with Crippen molar-refractivity contribution >= 4 is 51.6 Å². The molecule has 22 heavy (non-hydrogen) atoms. The number of carbonyl (C=O) groups excluding carboxylic acids is 1. The number of anilines is 1. The average Bonchev–Trinajstić information content (AvgIpc) is 3.17. The van der Waals surface area contributed by atoms with E-state index in [9.17, 15) is 4.79 Å². The maximum absolute atomic E-state index is 11.9. The van der Waals surface area contributed by atoms with Gasteiger partial charge in [0.05, 0.1) is 4.88 Å². The van der Waals surface area contributed by atoms with Crippen LogP contribution in [0.1, 0.15) is 5.56 Å². The first kappa shape index (κ1) is 14.9. The quantitative estimate of drug-likeness (QED) is 0.703. The number of benzene rings is 1. The van der Waals surface area contributed by atoms with Crippen LogP contribution in [0, 0.1) is 0 Å². The third-order valence-electron chi connectivity index (χ3n) is 2.72. The van der Waals surface area contributed by atoms with Gasteiger partial charge in [0, 0.05) is 22.6 Å². The molecule has 0 unspecified atom stereocenters. The van der Waals surface area contributed by atoms with Gasteiger partial charge in [-0.3, -0.25) is 10.1 Å². The van der Waals surface area contributed by atoms with Gasteiger partial charge in [0.1, 0.15) is 0 Å². The van der Waals surface area contributed by atoms with Crippen LogP contribution in [0.4, 0.5) is 5.13 Å². The van der Waals surface area contributed by atoms with Gasteiger partial charge in [-0.2, -0.15) is 9.36 Å². The first-order valence-electron chi connectivity index (χ1n) is 6.33. The molecule has 0 aliphatic rings. The third kappa shape index (κ3) is 3.59. The summed E-state index contributed by atoms with van der Waals surface area (Å²) < 4.78 is 4.23. The zero-order chi connectivity index (χ0) is 15.4. The minimum Gasteiger partial charge on any atom is -0.297 e. The Balaban J connectivity index is 1.66. The summed E-state index contributed by atoms with van der Waals surface area (Å²) in [6, 6.07) is 11.2. The van der Waals surface area contributed by atoms with Gasteiger partial charge in [-0.1, -0.05) is 35.9 Å². The fourth-order valence-electron chi connectivity index (χ4n) is 1.70. The Hall–Kier alpha value is -2.02. The van der Waals surface area contributed by atoms with E-state index in [2.05, 4.69) is 14.7 Å². The Morgan fingerprint density at radius 1 is 1.23 bits per heavy atom. The highest BCUT2D eigenvalue weighted by atomic mass is 35.5. The third-order valence-corrected chi connectivity index (χ3v) is 4.56. The zero-order valence-electron chi connectivity index (χ0n) is 11.2. The monoisotopic (exact) mass is 347 g/mol. The lowest BCUT2D eigenvalue weighted by Crippen LogP contribution is -2.07. The molecule has 0 saturated carbocycles. The predicted molar refractivity (Wildman–Crippen MR) is 92.3 cm³/mol. The molecular weight excluding hydrogens is 338 g/mol. The molecule has 7 heteroatoms. The predicted octanol–water partition coefficient (Wildman–Crippen LogP) is 4.57. The van der Waals surface area contributed by atoms with E-state index in [0.29, 0.717) is 16.0 Å². The molecular formula is C15H10ClN3OS2. The highest BCUT2D eigenvalue weighted by Crippen LogP contribution is 2.25. The summed E-state index contributed by atoms with van der Waals surface area (Å²) in [6.45, 7) is 0. The van der Waals surface area contributed by atoms with E-state index in [1.807, 2.05) is 35.7 Å². The Labute approximate surface area is 140 Å². The standard InChI is InChI=1S/C15H10ClN3OS2/c16-11-5-2-1-4-10(11)7-8-13(20)17-15-18-14(19-22-15)12-6-3-9-21-12/h1-9H,(H,17,18,19,20)/b8-7+. The van der Waals surface area contributed by atoms with E-state index < -0.39 is 0 Å². The molecule has 3 aromatic rings. The van der Waals surface area contributed by atoms with Gasteiger partial charge >= 0.3 is 0 Å². The molecule has 0 fully saturated rings. The largest absolute Gasteiger partial charge is 0.297 e. The highest BCUT2D eigenvalue weighted by molar-refractivity contribution is 7.14. The average molecular weight is 348 g/mol. The number of thiophene rings is 1. The fourth-order valence-corrected chi connectivity index (χ4v) is 3.20. The molecule has 2 heterocycles. The van der Waals surface area contributed by atoms with E-state index in [-0.39, 0.29) is 5.91 Å². The number of aromatic nitrogens is 2. The van der Waals surface area contributed by atoms with E-state index in [4.69, 9.17) is 11.6 Å². The van der Waals surface area contributed by atoms with Gasteiger partial charge in [0.25, 0.3) is 0 Å². The normalized spacial score (nSPS) is 11.0. The fraction of sp³-hybridized carbons (Fsp3) is 0. The van der Waals surface area contributed by atoms with Crippen LogP contribution in [0.15, 0.2) is 47.9 Å². The van der Waals surface area contributed by atoms with Crippen LogP contribution >= 0.6 is 34.5 Å². The molecule has 1 amide bonds. The highest BCUT2D eigenvalue weighted by Gasteiger charge is 2.08. The summed E-state index contributed by atoms with van der Waals surface area (Å²) in [6.07, 6.45) is 3.09. The molecule has 0 atom stereocenters. The molecule has 4 nitrogen and oxygen atoms in total. The van der Waals surface area contributed by atoms with Crippen LogP contribution < -0.4 is 5.32 Å². The lowest BCUT2D eigenvalue weighted by molar-refractivity contribution is -0.111. The van der Waals surface area contributed by atoms with Crippen LogP contribution in [0.2, 0.25) is 5.02 Å². The second-order valence-electron chi connectivity index (χ2n) is 4.24. The molecule has 0 radical (unpaired) electrons. The second-order valence-corrected chi connectivity index (χ2v) is 6.35. The Bertz CT molecular complexity index is 812. The first-order valence-corrected chi connectivity index (χ1v) is 8.36. The number of amides is 1. The van der Waals surface area contributed by atoms with Crippen molar-refractivity contribution in [2.24, 2.45) is 0 Å². The number of nitrogens with zero attached hydrogens (tertiary/aromatic N) is 2. The molecule has 0 aliphatic heterocycles. The lowest BCUT2D eigenvalue weighted by Gasteiger charge is -1.97. The van der Waals surface area contributed by atoms with Crippen LogP contribution in [-0.2, 0) is 4.79 Å². The zero-order valence-corrected chi connectivity index (χ0v) is 13.6. The number of hydrogen-bond donors (Lipinski definition) is 1. The van der Waals surface area contributed by atoms with Crippen molar-refractivity contribution < 1.29 is 4.79 Å². The van der Waals surface area contributed by atoms with Crippen molar-refractivity contribution in [1.82, 2.24) is 9.36 Å². The van der Waals surface area contributed by atoms with E-state index in [1.165, 1.54) is 6.08 Å². The summed E-state index contributed by atoms with van der Waals surface area (Å²) in [4.78, 5) is 17.2. The van der Waals surface area contributed by atoms with E-state index in [1.54, 1.807) is 23.5 Å². The van der Waals surface area contributed by atoms with Gasteiger partial charge in [-0.25, -0.2) is 0 Å². The first-order chi connectivity index (χ1) is 10.7. The van der Waals surface area contributed by atoms with Gasteiger partial charge in [-0.05, 0) is 29.2 Å².